The van der Waals surface area contributed by atoms with E-state index in [0.29, 0.717) is 17.6 Å². The van der Waals surface area contributed by atoms with Crippen LogP contribution in [-0.2, 0) is 6.54 Å². The summed E-state index contributed by atoms with van der Waals surface area (Å²) in [5, 5.41) is 13.8. The molecule has 0 saturated heterocycles. The van der Waals surface area contributed by atoms with E-state index in [9.17, 15) is 5.11 Å². The molecule has 24 heavy (non-hydrogen) atoms. The van der Waals surface area contributed by atoms with Crippen LogP contribution in [0.25, 0.3) is 0 Å². The van der Waals surface area contributed by atoms with Crippen LogP contribution in [0.15, 0.2) is 31.1 Å². The predicted molar refractivity (Wildman–Crippen MR) is 88.7 cm³/mol. The van der Waals surface area contributed by atoms with Crippen molar-refractivity contribution in [1.29, 1.82) is 0 Å². The summed E-state index contributed by atoms with van der Waals surface area (Å²) in [6.45, 7) is 0.876. The van der Waals surface area contributed by atoms with E-state index in [0.717, 1.165) is 32.2 Å². The summed E-state index contributed by atoms with van der Waals surface area (Å²) in [6.07, 6.45) is 13.8. The number of nitrogens with zero attached hydrogens (tertiary/aromatic N) is 4. The van der Waals surface area contributed by atoms with E-state index < -0.39 is 6.10 Å². The van der Waals surface area contributed by atoms with Crippen molar-refractivity contribution in [2.75, 3.05) is 5.32 Å². The van der Waals surface area contributed by atoms with Gasteiger partial charge in [-0.1, -0.05) is 0 Å². The number of anilines is 1. The third-order valence-electron chi connectivity index (χ3n) is 4.97. The van der Waals surface area contributed by atoms with E-state index in [2.05, 4.69) is 24.8 Å². The zero-order valence-corrected chi connectivity index (χ0v) is 13.6. The molecule has 1 unspecified atom stereocenters. The van der Waals surface area contributed by atoms with Crippen LogP contribution in [0.5, 0.6) is 5.88 Å². The number of hydrogen-bond acceptors (Lipinski definition) is 6. The smallest absolute Gasteiger partial charge is 0.257 e. The molecule has 0 amide bonds. The molecule has 2 saturated carbocycles. The van der Waals surface area contributed by atoms with Gasteiger partial charge in [-0.2, -0.15) is 0 Å². The Hall–Kier alpha value is -2.15. The van der Waals surface area contributed by atoms with Gasteiger partial charge in [0.15, 0.2) is 5.82 Å². The van der Waals surface area contributed by atoms with Gasteiger partial charge in [-0.05, 0) is 38.0 Å². The Morgan fingerprint density at radius 1 is 1.21 bits per heavy atom. The predicted octanol–water partition coefficient (Wildman–Crippen LogP) is 1.86. The van der Waals surface area contributed by atoms with Crippen LogP contribution in [0.3, 0.4) is 0 Å². The lowest BCUT2D eigenvalue weighted by Gasteiger charge is -2.27. The second kappa shape index (κ2) is 6.76. The minimum atomic E-state index is -0.392. The number of rotatable bonds is 6. The molecule has 2 aromatic heterocycles. The highest BCUT2D eigenvalue weighted by Crippen LogP contribution is 2.32. The van der Waals surface area contributed by atoms with E-state index >= 15 is 0 Å². The van der Waals surface area contributed by atoms with Crippen molar-refractivity contribution in [3.63, 3.8) is 0 Å². The first-order valence-corrected chi connectivity index (χ1v) is 8.66. The molecule has 2 fully saturated rings. The molecule has 128 valence electrons. The Balaban J connectivity index is 1.39. The van der Waals surface area contributed by atoms with Crippen LogP contribution < -0.4 is 10.1 Å². The van der Waals surface area contributed by atoms with Gasteiger partial charge >= 0.3 is 0 Å². The third-order valence-corrected chi connectivity index (χ3v) is 4.97. The van der Waals surface area contributed by atoms with Crippen LogP contribution in [-0.4, -0.2) is 42.9 Å². The summed E-state index contributed by atoms with van der Waals surface area (Å²) in [7, 11) is 0. The maximum atomic E-state index is 10.4. The Bertz CT molecular complexity index is 659. The second-order valence-electron chi connectivity index (χ2n) is 6.80. The van der Waals surface area contributed by atoms with Crippen LogP contribution in [0.1, 0.15) is 32.1 Å². The van der Waals surface area contributed by atoms with Gasteiger partial charge in [-0.25, -0.2) is 15.0 Å². The largest absolute Gasteiger partial charge is 0.472 e. The average Bonchev–Trinajstić information content (AvgIpc) is 3.15. The van der Waals surface area contributed by atoms with Crippen LogP contribution >= 0.6 is 0 Å². The van der Waals surface area contributed by atoms with Crippen molar-refractivity contribution < 1.29 is 9.84 Å². The lowest BCUT2D eigenvalue weighted by atomic mass is 9.96. The molecule has 2 heterocycles. The molecule has 0 aliphatic heterocycles. The molecule has 2 N–H and O–H groups in total. The minimum absolute atomic E-state index is 0.0287. The van der Waals surface area contributed by atoms with Crippen LogP contribution in [0, 0.1) is 5.92 Å². The van der Waals surface area contributed by atoms with Gasteiger partial charge in [0.05, 0.1) is 18.5 Å². The molecule has 7 heteroatoms. The summed E-state index contributed by atoms with van der Waals surface area (Å²) in [5.74, 6) is 1.60. The fourth-order valence-corrected chi connectivity index (χ4v) is 3.45. The lowest BCUT2D eigenvalue weighted by Crippen LogP contribution is -2.30. The quantitative estimate of drug-likeness (QED) is 0.841. The fraction of sp³-hybridized carbons (Fsp3) is 0.588. The molecule has 0 spiro atoms. The number of hydrogen-bond donors (Lipinski definition) is 2. The number of imidazole rings is 1. The molecule has 2 aromatic rings. The van der Waals surface area contributed by atoms with Crippen molar-refractivity contribution >= 4 is 5.82 Å². The molecule has 0 bridgehead atoms. The van der Waals surface area contributed by atoms with Gasteiger partial charge < -0.3 is 19.7 Å². The molecular formula is C17H23N5O2. The Morgan fingerprint density at radius 3 is 2.83 bits per heavy atom. The van der Waals surface area contributed by atoms with Gasteiger partial charge in [-0.15, -0.1) is 0 Å². The van der Waals surface area contributed by atoms with Crippen molar-refractivity contribution in [2.24, 2.45) is 5.92 Å². The van der Waals surface area contributed by atoms with Gasteiger partial charge in [0, 0.05) is 31.3 Å². The monoisotopic (exact) mass is 329 g/mol. The highest BCUT2D eigenvalue weighted by Gasteiger charge is 2.34. The Kier molecular flexibility index (Phi) is 4.34. The zero-order valence-electron chi connectivity index (χ0n) is 13.6. The summed E-state index contributed by atoms with van der Waals surface area (Å²) in [4.78, 5) is 12.7. The summed E-state index contributed by atoms with van der Waals surface area (Å²) in [6, 6.07) is -0.0287. The number of aliphatic hydroxyl groups is 1. The van der Waals surface area contributed by atoms with E-state index in [1.165, 1.54) is 6.42 Å². The summed E-state index contributed by atoms with van der Waals surface area (Å²) in [5.41, 5.74) is 0. The molecule has 0 radical (unpaired) electrons. The first-order valence-electron chi connectivity index (χ1n) is 8.66. The summed E-state index contributed by atoms with van der Waals surface area (Å²) < 4.78 is 7.97. The average molecular weight is 329 g/mol. The van der Waals surface area contributed by atoms with Crippen molar-refractivity contribution in [3.8, 4) is 5.88 Å². The third kappa shape index (κ3) is 3.36. The van der Waals surface area contributed by atoms with E-state index in [4.69, 9.17) is 4.74 Å². The van der Waals surface area contributed by atoms with Crippen LogP contribution in [0.2, 0.25) is 0 Å². The van der Waals surface area contributed by atoms with Gasteiger partial charge in [-0.3, -0.25) is 0 Å². The molecule has 2 aliphatic rings. The number of aliphatic hydroxyl groups excluding tert-OH is 1. The Labute approximate surface area is 141 Å². The lowest BCUT2D eigenvalue weighted by molar-refractivity contribution is 0.114. The molecule has 7 nitrogen and oxygen atoms in total. The Morgan fingerprint density at radius 2 is 2.08 bits per heavy atom. The minimum Gasteiger partial charge on any atom is -0.472 e. The van der Waals surface area contributed by atoms with Gasteiger partial charge in [0.2, 0.25) is 0 Å². The normalized spacial score (nSPS) is 27.0. The molecule has 0 aromatic carbocycles. The fourth-order valence-electron chi connectivity index (χ4n) is 3.45. The molecule has 2 aliphatic carbocycles. The first kappa shape index (κ1) is 15.4. The second-order valence-corrected chi connectivity index (χ2v) is 6.80. The number of ether oxygens (including phenoxy) is 1. The van der Waals surface area contributed by atoms with Crippen molar-refractivity contribution in [2.45, 2.75) is 56.9 Å². The van der Waals surface area contributed by atoms with Crippen molar-refractivity contribution in [3.05, 3.63) is 31.1 Å². The highest BCUT2D eigenvalue weighted by atomic mass is 16.5. The SMILES string of the molecule is O[C@@H]1CC(Cn2ccnc2)C[C@H]1Nc1nccnc1OC1CCC1. The van der Waals surface area contributed by atoms with Crippen LogP contribution in [0.4, 0.5) is 5.82 Å². The van der Waals surface area contributed by atoms with Crippen molar-refractivity contribution in [1.82, 2.24) is 19.5 Å². The molecular weight excluding hydrogens is 306 g/mol. The highest BCUT2D eigenvalue weighted by molar-refractivity contribution is 5.46. The maximum absolute atomic E-state index is 10.4. The number of nitrogens with one attached hydrogen (secondary N) is 1. The number of aromatic nitrogens is 4. The van der Waals surface area contributed by atoms with Gasteiger partial charge in [0.1, 0.15) is 6.10 Å². The standard InChI is InChI=1S/C17H23N5O2/c23-15-9-12(10-22-7-6-18-11-22)8-14(15)21-16-17(20-5-4-19-16)24-13-2-1-3-13/h4-7,11-15,23H,1-3,8-10H2,(H,19,21)/t12?,14-,15-/m1/s1. The first-order chi connectivity index (χ1) is 11.8. The molecule has 4 rings (SSSR count). The zero-order chi connectivity index (χ0) is 16.4. The van der Waals surface area contributed by atoms with E-state index in [-0.39, 0.29) is 12.1 Å². The van der Waals surface area contributed by atoms with E-state index in [1.807, 2.05) is 12.5 Å². The molecule has 3 atom stereocenters. The maximum Gasteiger partial charge on any atom is 0.257 e. The van der Waals surface area contributed by atoms with Gasteiger partial charge in [0.25, 0.3) is 5.88 Å². The van der Waals surface area contributed by atoms with E-state index in [1.54, 1.807) is 18.6 Å². The summed E-state index contributed by atoms with van der Waals surface area (Å²) >= 11 is 0. The topological polar surface area (TPSA) is 85.1 Å².